The summed E-state index contributed by atoms with van der Waals surface area (Å²) in [6, 6.07) is 9.03. The molecule has 0 saturated carbocycles. The van der Waals surface area contributed by atoms with Crippen LogP contribution in [-0.2, 0) is 4.74 Å². The molecule has 1 amide bonds. The predicted molar refractivity (Wildman–Crippen MR) is 96.7 cm³/mol. The van der Waals surface area contributed by atoms with E-state index in [4.69, 9.17) is 4.74 Å². The van der Waals surface area contributed by atoms with Gasteiger partial charge in [0, 0.05) is 44.0 Å². The molecule has 2 saturated heterocycles. The van der Waals surface area contributed by atoms with E-state index in [9.17, 15) is 4.79 Å². The van der Waals surface area contributed by atoms with Gasteiger partial charge in [0.15, 0.2) is 0 Å². The molecule has 2 heterocycles. The van der Waals surface area contributed by atoms with E-state index in [-0.39, 0.29) is 5.91 Å². The number of nitrogens with zero attached hydrogens (tertiary/aromatic N) is 2. The molecule has 3 rings (SSSR count). The Morgan fingerprint density at radius 2 is 1.96 bits per heavy atom. The van der Waals surface area contributed by atoms with Gasteiger partial charge in [-0.25, -0.2) is 0 Å². The van der Waals surface area contributed by atoms with E-state index in [1.54, 1.807) is 0 Å². The number of hydrogen-bond acceptors (Lipinski definition) is 4. The number of hydrogen-bond donors (Lipinski definition) is 1. The van der Waals surface area contributed by atoms with E-state index >= 15 is 0 Å². The van der Waals surface area contributed by atoms with Crippen LogP contribution in [0.1, 0.15) is 37.0 Å². The Labute approximate surface area is 145 Å². The summed E-state index contributed by atoms with van der Waals surface area (Å²) in [5, 5.41) is 3.64. The smallest absolute Gasteiger partial charge is 0.256 e. The second-order valence-corrected chi connectivity index (χ2v) is 7.03. The Morgan fingerprint density at radius 3 is 2.71 bits per heavy atom. The lowest BCUT2D eigenvalue weighted by molar-refractivity contribution is 0.0303. The molecule has 24 heavy (non-hydrogen) atoms. The van der Waals surface area contributed by atoms with Crippen LogP contribution in [-0.4, -0.2) is 62.3 Å². The van der Waals surface area contributed by atoms with Crippen LogP contribution in [0.3, 0.4) is 0 Å². The average Bonchev–Trinajstić information content (AvgIpc) is 2.61. The van der Waals surface area contributed by atoms with E-state index in [1.165, 1.54) is 6.42 Å². The number of carbonyl (C=O) groups excluding carboxylic acids is 1. The lowest BCUT2D eigenvalue weighted by Crippen LogP contribution is -2.48. The van der Waals surface area contributed by atoms with Gasteiger partial charge in [0.2, 0.25) is 0 Å². The molecule has 0 aliphatic carbocycles. The van der Waals surface area contributed by atoms with E-state index in [2.05, 4.69) is 30.1 Å². The number of para-hydroxylation sites is 1. The van der Waals surface area contributed by atoms with Crippen LogP contribution in [0.4, 0.5) is 5.69 Å². The quantitative estimate of drug-likeness (QED) is 0.918. The maximum atomic E-state index is 13.0. The Morgan fingerprint density at radius 1 is 1.21 bits per heavy atom. The third kappa shape index (κ3) is 4.08. The first-order valence-electron chi connectivity index (χ1n) is 9.12. The minimum absolute atomic E-state index is 0.132. The normalized spacial score (nSPS) is 22.0. The highest BCUT2D eigenvalue weighted by Gasteiger charge is 2.26. The molecular weight excluding hydrogens is 302 g/mol. The summed E-state index contributed by atoms with van der Waals surface area (Å²) in [4.78, 5) is 17.2. The molecule has 1 atom stereocenters. The van der Waals surface area contributed by atoms with Gasteiger partial charge in [0.25, 0.3) is 5.91 Å². The minimum Gasteiger partial charge on any atom is -0.378 e. The fourth-order valence-electron chi connectivity index (χ4n) is 3.67. The predicted octanol–water partition coefficient (Wildman–Crippen LogP) is 2.13. The summed E-state index contributed by atoms with van der Waals surface area (Å²) in [5.74, 6) is 0.132. The molecule has 5 heteroatoms. The molecule has 1 aromatic rings. The lowest BCUT2D eigenvalue weighted by atomic mass is 10.0. The highest BCUT2D eigenvalue weighted by molar-refractivity contribution is 5.99. The van der Waals surface area contributed by atoms with Gasteiger partial charge < -0.3 is 19.9 Å². The third-order valence-electron chi connectivity index (χ3n) is 4.76. The van der Waals surface area contributed by atoms with Crippen molar-refractivity contribution in [1.82, 2.24) is 10.2 Å². The van der Waals surface area contributed by atoms with Gasteiger partial charge >= 0.3 is 0 Å². The number of benzene rings is 1. The molecule has 132 valence electrons. The molecule has 0 bridgehead atoms. The van der Waals surface area contributed by atoms with Crippen LogP contribution in [0, 0.1) is 0 Å². The highest BCUT2D eigenvalue weighted by Crippen LogP contribution is 2.26. The number of amides is 1. The number of anilines is 1. The van der Waals surface area contributed by atoms with Crippen molar-refractivity contribution in [3.05, 3.63) is 29.8 Å². The second kappa shape index (κ2) is 7.99. The van der Waals surface area contributed by atoms with Crippen molar-refractivity contribution in [2.75, 3.05) is 44.3 Å². The number of morpholine rings is 1. The Balaban J connectivity index is 1.77. The second-order valence-electron chi connectivity index (χ2n) is 7.03. The monoisotopic (exact) mass is 331 g/mol. The van der Waals surface area contributed by atoms with Crippen molar-refractivity contribution >= 4 is 11.6 Å². The molecule has 2 fully saturated rings. The van der Waals surface area contributed by atoms with E-state index < -0.39 is 0 Å². The zero-order valence-corrected chi connectivity index (χ0v) is 14.8. The van der Waals surface area contributed by atoms with Gasteiger partial charge in [-0.15, -0.1) is 0 Å². The summed E-state index contributed by atoms with van der Waals surface area (Å²) in [6.45, 7) is 9.00. The van der Waals surface area contributed by atoms with Crippen molar-refractivity contribution in [2.24, 2.45) is 0 Å². The third-order valence-corrected chi connectivity index (χ3v) is 4.76. The number of carbonyl (C=O) groups is 1. The van der Waals surface area contributed by atoms with Crippen LogP contribution in [0.15, 0.2) is 24.3 Å². The molecule has 2 aliphatic heterocycles. The van der Waals surface area contributed by atoms with Gasteiger partial charge in [-0.05, 0) is 25.0 Å². The van der Waals surface area contributed by atoms with Gasteiger partial charge in [0.05, 0.1) is 18.8 Å². The zero-order chi connectivity index (χ0) is 16.9. The largest absolute Gasteiger partial charge is 0.378 e. The van der Waals surface area contributed by atoms with Crippen LogP contribution in [0.25, 0.3) is 0 Å². The molecule has 5 nitrogen and oxygen atoms in total. The van der Waals surface area contributed by atoms with E-state index in [0.29, 0.717) is 38.4 Å². The van der Waals surface area contributed by atoms with Crippen LogP contribution in [0.2, 0.25) is 0 Å². The Bertz CT molecular complexity index is 555. The molecule has 0 spiro atoms. The van der Waals surface area contributed by atoms with Gasteiger partial charge in [0.1, 0.15) is 0 Å². The first-order valence-corrected chi connectivity index (χ1v) is 9.12. The Kier molecular flexibility index (Phi) is 5.74. The standard InChI is InChI=1S/C19H29N3O2/c1-15(2)20-16-6-5-9-22(14-16)18-8-4-3-7-17(18)19(23)21-10-12-24-13-11-21/h3-4,7-8,15-16,20H,5-6,9-14H2,1-2H3/t16-/m1/s1. The van der Waals surface area contributed by atoms with E-state index in [0.717, 1.165) is 30.8 Å². The molecule has 2 aliphatic rings. The zero-order valence-electron chi connectivity index (χ0n) is 14.8. The molecule has 0 radical (unpaired) electrons. The summed E-state index contributed by atoms with van der Waals surface area (Å²) in [7, 11) is 0. The van der Waals surface area contributed by atoms with Crippen LogP contribution >= 0.6 is 0 Å². The maximum Gasteiger partial charge on any atom is 0.256 e. The Hall–Kier alpha value is -1.59. The summed E-state index contributed by atoms with van der Waals surface area (Å²) in [5.41, 5.74) is 1.90. The van der Waals surface area contributed by atoms with Gasteiger partial charge in [-0.1, -0.05) is 26.0 Å². The maximum absolute atomic E-state index is 13.0. The molecule has 1 N–H and O–H groups in total. The average molecular weight is 331 g/mol. The molecular formula is C19H29N3O2. The van der Waals surface area contributed by atoms with Crippen LogP contribution < -0.4 is 10.2 Å². The number of piperidine rings is 1. The summed E-state index contributed by atoms with van der Waals surface area (Å²) in [6.07, 6.45) is 2.36. The van der Waals surface area contributed by atoms with Gasteiger partial charge in [-0.2, -0.15) is 0 Å². The molecule has 0 aromatic heterocycles. The number of rotatable bonds is 4. The first kappa shape index (κ1) is 17.2. The van der Waals surface area contributed by atoms with Gasteiger partial charge in [-0.3, -0.25) is 4.79 Å². The van der Waals surface area contributed by atoms with Crippen molar-refractivity contribution < 1.29 is 9.53 Å². The fourth-order valence-corrected chi connectivity index (χ4v) is 3.67. The first-order chi connectivity index (χ1) is 11.6. The molecule has 1 aromatic carbocycles. The summed E-state index contributed by atoms with van der Waals surface area (Å²) >= 11 is 0. The fraction of sp³-hybridized carbons (Fsp3) is 0.632. The minimum atomic E-state index is 0.132. The molecule has 0 unspecified atom stereocenters. The number of nitrogens with one attached hydrogen (secondary N) is 1. The van der Waals surface area contributed by atoms with E-state index in [1.807, 2.05) is 23.1 Å². The lowest BCUT2D eigenvalue weighted by Gasteiger charge is -2.37. The SMILES string of the molecule is CC(C)N[C@@H]1CCCN(c2ccccc2C(=O)N2CCOCC2)C1. The highest BCUT2D eigenvalue weighted by atomic mass is 16.5. The van der Waals surface area contributed by atoms with Crippen LogP contribution in [0.5, 0.6) is 0 Å². The number of ether oxygens (including phenoxy) is 1. The topological polar surface area (TPSA) is 44.8 Å². The van der Waals surface area contributed by atoms with Crippen molar-refractivity contribution in [2.45, 2.75) is 38.8 Å². The van der Waals surface area contributed by atoms with Crippen molar-refractivity contribution in [3.8, 4) is 0 Å². The summed E-state index contributed by atoms with van der Waals surface area (Å²) < 4.78 is 5.37. The van der Waals surface area contributed by atoms with Crippen molar-refractivity contribution in [1.29, 1.82) is 0 Å². The van der Waals surface area contributed by atoms with Crippen molar-refractivity contribution in [3.63, 3.8) is 0 Å².